The van der Waals surface area contributed by atoms with E-state index in [4.69, 9.17) is 9.47 Å². The number of para-hydroxylation sites is 1. The number of hydrogen-bond donors (Lipinski definition) is 2. The second kappa shape index (κ2) is 9.57. The molecule has 0 aliphatic carbocycles. The number of methoxy groups -OCH3 is 1. The number of nitro benzene ring substituents is 1. The summed E-state index contributed by atoms with van der Waals surface area (Å²) in [6.45, 7) is 2.96. The quantitative estimate of drug-likeness (QED) is 0.416. The molecule has 2 N–H and O–H groups in total. The van der Waals surface area contributed by atoms with Gasteiger partial charge >= 0.3 is 11.8 Å². The maximum Gasteiger partial charge on any atom is 0.313 e. The first-order chi connectivity index (χ1) is 14.9. The maximum atomic E-state index is 12.5. The summed E-state index contributed by atoms with van der Waals surface area (Å²) in [6.07, 6.45) is 1.30. The van der Waals surface area contributed by atoms with Crippen LogP contribution in [0.1, 0.15) is 24.0 Å². The van der Waals surface area contributed by atoms with Crippen molar-refractivity contribution < 1.29 is 24.0 Å². The number of nitrogens with one attached hydrogen (secondary N) is 2. The van der Waals surface area contributed by atoms with Crippen LogP contribution in [0.2, 0.25) is 0 Å². The van der Waals surface area contributed by atoms with Gasteiger partial charge < -0.3 is 20.1 Å². The van der Waals surface area contributed by atoms with Crippen LogP contribution in [0.4, 0.5) is 11.4 Å². The van der Waals surface area contributed by atoms with Crippen molar-refractivity contribution in [1.82, 2.24) is 5.32 Å². The standard InChI is InChI=1S/C22H25N3O6/c1-15-7-8-17(18(13-15)25(28)29)24-21(27)20(26)23-14-22(9-11-31-12-10-22)16-5-3-4-6-19(16)30-2/h3-8,13H,9-12,14H2,1-2H3,(H,23,26)(H,24,27). The molecule has 0 radical (unpaired) electrons. The molecule has 3 rings (SSSR count). The Kier molecular flexibility index (Phi) is 6.86. The predicted molar refractivity (Wildman–Crippen MR) is 114 cm³/mol. The highest BCUT2D eigenvalue weighted by Crippen LogP contribution is 2.39. The summed E-state index contributed by atoms with van der Waals surface area (Å²) in [5, 5.41) is 16.3. The van der Waals surface area contributed by atoms with E-state index in [9.17, 15) is 19.7 Å². The predicted octanol–water partition coefficient (Wildman–Crippen LogP) is 2.71. The van der Waals surface area contributed by atoms with Gasteiger partial charge in [-0.15, -0.1) is 0 Å². The number of nitro groups is 1. The lowest BCUT2D eigenvalue weighted by atomic mass is 9.73. The minimum Gasteiger partial charge on any atom is -0.496 e. The highest BCUT2D eigenvalue weighted by atomic mass is 16.6. The normalized spacial score (nSPS) is 15.0. The van der Waals surface area contributed by atoms with Gasteiger partial charge in [0.1, 0.15) is 11.4 Å². The van der Waals surface area contributed by atoms with Crippen LogP contribution in [0.15, 0.2) is 42.5 Å². The largest absolute Gasteiger partial charge is 0.496 e. The summed E-state index contributed by atoms with van der Waals surface area (Å²) < 4.78 is 11.0. The van der Waals surface area contributed by atoms with Crippen molar-refractivity contribution in [2.45, 2.75) is 25.2 Å². The van der Waals surface area contributed by atoms with Crippen molar-refractivity contribution in [3.05, 3.63) is 63.7 Å². The number of rotatable bonds is 6. The van der Waals surface area contributed by atoms with E-state index in [-0.39, 0.29) is 17.9 Å². The van der Waals surface area contributed by atoms with Gasteiger partial charge in [0.25, 0.3) is 5.69 Å². The van der Waals surface area contributed by atoms with Crippen molar-refractivity contribution in [3.63, 3.8) is 0 Å². The summed E-state index contributed by atoms with van der Waals surface area (Å²) in [7, 11) is 1.59. The number of nitrogens with zero attached hydrogens (tertiary/aromatic N) is 1. The van der Waals surface area contributed by atoms with Gasteiger partial charge in [0.15, 0.2) is 0 Å². The van der Waals surface area contributed by atoms with Crippen molar-refractivity contribution in [3.8, 4) is 5.75 Å². The smallest absolute Gasteiger partial charge is 0.313 e. The Labute approximate surface area is 179 Å². The summed E-state index contributed by atoms with van der Waals surface area (Å²) in [6, 6.07) is 12.0. The third-order valence-electron chi connectivity index (χ3n) is 5.52. The number of benzene rings is 2. The van der Waals surface area contributed by atoms with Gasteiger partial charge in [0.2, 0.25) is 0 Å². The van der Waals surface area contributed by atoms with Crippen LogP contribution >= 0.6 is 0 Å². The van der Waals surface area contributed by atoms with E-state index in [1.165, 1.54) is 12.1 Å². The van der Waals surface area contributed by atoms with Crippen molar-refractivity contribution in [1.29, 1.82) is 0 Å². The highest BCUT2D eigenvalue weighted by Gasteiger charge is 2.37. The van der Waals surface area contributed by atoms with Crippen molar-refractivity contribution in [2.75, 3.05) is 32.2 Å². The van der Waals surface area contributed by atoms with E-state index < -0.39 is 22.2 Å². The lowest BCUT2D eigenvalue weighted by molar-refractivity contribution is -0.384. The molecular weight excluding hydrogens is 402 g/mol. The second-order valence-corrected chi connectivity index (χ2v) is 7.51. The number of ether oxygens (including phenoxy) is 2. The average Bonchev–Trinajstić information content (AvgIpc) is 2.79. The maximum absolute atomic E-state index is 12.5. The molecule has 9 nitrogen and oxygen atoms in total. The molecule has 2 amide bonds. The van der Waals surface area contributed by atoms with Gasteiger partial charge in [-0.3, -0.25) is 19.7 Å². The first kappa shape index (κ1) is 22.2. The second-order valence-electron chi connectivity index (χ2n) is 7.51. The molecule has 2 aromatic rings. The van der Waals surface area contributed by atoms with Crippen LogP contribution < -0.4 is 15.4 Å². The molecule has 0 bridgehead atoms. The number of amides is 2. The van der Waals surface area contributed by atoms with Gasteiger partial charge in [0.05, 0.1) is 12.0 Å². The summed E-state index contributed by atoms with van der Waals surface area (Å²) in [4.78, 5) is 35.6. The third kappa shape index (κ3) is 5.00. The molecule has 1 aliphatic heterocycles. The molecule has 1 heterocycles. The molecule has 9 heteroatoms. The molecule has 0 atom stereocenters. The zero-order valence-corrected chi connectivity index (χ0v) is 17.5. The summed E-state index contributed by atoms with van der Waals surface area (Å²) in [5.41, 5.74) is 0.872. The number of hydrogen-bond acceptors (Lipinski definition) is 6. The topological polar surface area (TPSA) is 120 Å². The van der Waals surface area contributed by atoms with E-state index in [0.717, 1.165) is 5.56 Å². The van der Waals surface area contributed by atoms with Crippen LogP contribution in [0, 0.1) is 17.0 Å². The molecule has 1 fully saturated rings. The fourth-order valence-corrected chi connectivity index (χ4v) is 3.79. The van der Waals surface area contributed by atoms with E-state index in [1.807, 2.05) is 24.3 Å². The Hall–Kier alpha value is -3.46. The van der Waals surface area contributed by atoms with Crippen LogP contribution in [-0.2, 0) is 19.7 Å². The zero-order chi connectivity index (χ0) is 22.4. The minimum absolute atomic E-state index is 0.0266. The first-order valence-corrected chi connectivity index (χ1v) is 9.92. The number of carbonyl (C=O) groups excluding carboxylic acids is 2. The van der Waals surface area contributed by atoms with Gasteiger partial charge in [-0.25, -0.2) is 0 Å². The molecule has 0 saturated carbocycles. The van der Waals surface area contributed by atoms with Gasteiger partial charge in [-0.05, 0) is 37.5 Å². The fourth-order valence-electron chi connectivity index (χ4n) is 3.79. The Morgan fingerprint density at radius 3 is 2.55 bits per heavy atom. The van der Waals surface area contributed by atoms with Gasteiger partial charge in [0, 0.05) is 36.8 Å². The molecule has 1 saturated heterocycles. The van der Waals surface area contributed by atoms with Crippen LogP contribution in [0.5, 0.6) is 5.75 Å². The molecular formula is C22H25N3O6. The zero-order valence-electron chi connectivity index (χ0n) is 17.5. The molecule has 1 aliphatic rings. The molecule has 31 heavy (non-hydrogen) atoms. The number of carbonyl (C=O) groups is 2. The first-order valence-electron chi connectivity index (χ1n) is 9.92. The Bertz CT molecular complexity index is 985. The fraction of sp³-hybridized carbons (Fsp3) is 0.364. The monoisotopic (exact) mass is 427 g/mol. The lowest BCUT2D eigenvalue weighted by Gasteiger charge is -2.38. The number of anilines is 1. The van der Waals surface area contributed by atoms with Gasteiger partial charge in [-0.2, -0.15) is 0 Å². The highest BCUT2D eigenvalue weighted by molar-refractivity contribution is 6.39. The number of aryl methyl sites for hydroxylation is 1. The third-order valence-corrected chi connectivity index (χ3v) is 5.52. The van der Waals surface area contributed by atoms with Gasteiger partial charge in [-0.1, -0.05) is 24.3 Å². The Balaban J connectivity index is 1.75. The van der Waals surface area contributed by atoms with Crippen LogP contribution in [0.3, 0.4) is 0 Å². The van der Waals surface area contributed by atoms with Crippen LogP contribution in [-0.4, -0.2) is 43.6 Å². The summed E-state index contributed by atoms with van der Waals surface area (Å²) >= 11 is 0. The van der Waals surface area contributed by atoms with E-state index in [1.54, 1.807) is 20.1 Å². The minimum atomic E-state index is -0.964. The van der Waals surface area contributed by atoms with Crippen LogP contribution in [0.25, 0.3) is 0 Å². The lowest BCUT2D eigenvalue weighted by Crippen LogP contribution is -2.47. The van der Waals surface area contributed by atoms with Crippen molar-refractivity contribution in [2.24, 2.45) is 0 Å². The summed E-state index contributed by atoms with van der Waals surface area (Å²) in [5.74, 6) is -1.12. The SMILES string of the molecule is COc1ccccc1C1(CNC(=O)C(=O)Nc2ccc(C)cc2[N+](=O)[O-])CCOCC1. The van der Waals surface area contributed by atoms with E-state index >= 15 is 0 Å². The van der Waals surface area contributed by atoms with Crippen molar-refractivity contribution >= 4 is 23.2 Å². The Morgan fingerprint density at radius 2 is 1.87 bits per heavy atom. The average molecular weight is 427 g/mol. The van der Waals surface area contributed by atoms with E-state index in [0.29, 0.717) is 37.4 Å². The Morgan fingerprint density at radius 1 is 1.16 bits per heavy atom. The molecule has 0 unspecified atom stereocenters. The molecule has 2 aromatic carbocycles. The molecule has 164 valence electrons. The molecule has 0 spiro atoms. The molecule has 0 aromatic heterocycles. The van der Waals surface area contributed by atoms with E-state index in [2.05, 4.69) is 10.6 Å².